The third-order valence-corrected chi connectivity index (χ3v) is 5.52. The molecule has 0 aliphatic heterocycles. The fraction of sp³-hybridized carbons (Fsp3) is 0.533. The Balaban J connectivity index is 2.57. The molecule has 1 rings (SSSR count). The van der Waals surface area contributed by atoms with Crippen molar-refractivity contribution in [3.05, 3.63) is 29.8 Å². The minimum Gasteiger partial charge on any atom is -0.399 e. The quantitative estimate of drug-likeness (QED) is 0.773. The molecule has 0 aromatic heterocycles. The lowest BCUT2D eigenvalue weighted by atomic mass is 10.1. The second kappa shape index (κ2) is 7.45. The lowest BCUT2D eigenvalue weighted by Gasteiger charge is -2.24. The van der Waals surface area contributed by atoms with Crippen LogP contribution in [0.25, 0.3) is 0 Å². The highest BCUT2D eigenvalue weighted by molar-refractivity contribution is 7.91. The van der Waals surface area contributed by atoms with Gasteiger partial charge in [0, 0.05) is 31.0 Å². The Kier molecular flexibility index (Phi) is 6.20. The maximum atomic E-state index is 12.1. The zero-order chi connectivity index (χ0) is 16.0. The van der Waals surface area contributed by atoms with Gasteiger partial charge in [-0.2, -0.15) is 0 Å². The van der Waals surface area contributed by atoms with Crippen LogP contribution in [0.5, 0.6) is 0 Å². The van der Waals surface area contributed by atoms with Gasteiger partial charge in [0.05, 0.1) is 5.75 Å². The van der Waals surface area contributed by atoms with Gasteiger partial charge in [-0.1, -0.05) is 25.1 Å². The average molecular weight is 312 g/mol. The third kappa shape index (κ3) is 5.38. The highest BCUT2D eigenvalue weighted by Crippen LogP contribution is 2.14. The topological polar surface area (TPSA) is 80.5 Å². The highest BCUT2D eigenvalue weighted by Gasteiger charge is 2.21. The van der Waals surface area contributed by atoms with Crippen LogP contribution in [-0.2, 0) is 21.1 Å². The molecule has 0 radical (unpaired) electrons. The molecule has 0 saturated heterocycles. The van der Waals surface area contributed by atoms with E-state index in [-0.39, 0.29) is 23.5 Å². The molecule has 1 aromatic rings. The van der Waals surface area contributed by atoms with E-state index >= 15 is 0 Å². The van der Waals surface area contributed by atoms with Crippen LogP contribution in [0.15, 0.2) is 24.3 Å². The van der Waals surface area contributed by atoms with Crippen LogP contribution < -0.4 is 5.73 Å². The number of benzene rings is 1. The molecule has 1 atom stereocenters. The SMILES string of the molecule is CCS(=O)(=O)CC(C)N(C)C(=O)CCc1ccccc1N. The summed E-state index contributed by atoms with van der Waals surface area (Å²) in [5.74, 6) is 0.0242. The molecule has 0 aliphatic carbocycles. The Bertz CT molecular complexity index is 584. The van der Waals surface area contributed by atoms with Gasteiger partial charge < -0.3 is 10.6 Å². The van der Waals surface area contributed by atoms with E-state index in [1.54, 1.807) is 27.0 Å². The fourth-order valence-electron chi connectivity index (χ4n) is 2.02. The monoisotopic (exact) mass is 312 g/mol. The third-order valence-electron chi connectivity index (χ3n) is 3.65. The van der Waals surface area contributed by atoms with Crippen molar-refractivity contribution in [1.82, 2.24) is 4.90 Å². The van der Waals surface area contributed by atoms with E-state index in [4.69, 9.17) is 5.73 Å². The molecular weight excluding hydrogens is 288 g/mol. The first kappa shape index (κ1) is 17.5. The molecule has 5 nitrogen and oxygen atoms in total. The first-order valence-electron chi connectivity index (χ1n) is 7.06. The maximum Gasteiger partial charge on any atom is 0.222 e. The molecule has 1 unspecified atom stereocenters. The van der Waals surface area contributed by atoms with Gasteiger partial charge in [-0.05, 0) is 25.0 Å². The molecule has 6 heteroatoms. The fourth-order valence-corrected chi connectivity index (χ4v) is 3.22. The lowest BCUT2D eigenvalue weighted by molar-refractivity contribution is -0.131. The molecule has 0 fully saturated rings. The predicted molar refractivity (Wildman–Crippen MR) is 85.7 cm³/mol. The van der Waals surface area contributed by atoms with Gasteiger partial charge in [-0.3, -0.25) is 4.79 Å². The number of rotatable bonds is 7. The van der Waals surface area contributed by atoms with E-state index < -0.39 is 9.84 Å². The van der Waals surface area contributed by atoms with Crippen LogP contribution in [0.1, 0.15) is 25.8 Å². The Morgan fingerprint density at radius 2 is 1.95 bits per heavy atom. The van der Waals surface area contributed by atoms with Crippen molar-refractivity contribution in [2.45, 2.75) is 32.7 Å². The van der Waals surface area contributed by atoms with E-state index in [9.17, 15) is 13.2 Å². The van der Waals surface area contributed by atoms with Gasteiger partial charge in [0.1, 0.15) is 0 Å². The summed E-state index contributed by atoms with van der Waals surface area (Å²) in [6, 6.07) is 7.12. The summed E-state index contributed by atoms with van der Waals surface area (Å²) in [5, 5.41) is 0. The molecule has 21 heavy (non-hydrogen) atoms. The van der Waals surface area contributed by atoms with Crippen molar-refractivity contribution in [3.63, 3.8) is 0 Å². The molecular formula is C15H24N2O3S. The highest BCUT2D eigenvalue weighted by atomic mass is 32.2. The van der Waals surface area contributed by atoms with Crippen LogP contribution in [0.2, 0.25) is 0 Å². The number of nitrogens with two attached hydrogens (primary N) is 1. The molecule has 1 amide bonds. The second-order valence-electron chi connectivity index (χ2n) is 5.25. The summed E-state index contributed by atoms with van der Waals surface area (Å²) < 4.78 is 23.2. The van der Waals surface area contributed by atoms with E-state index in [0.29, 0.717) is 18.5 Å². The second-order valence-corrected chi connectivity index (χ2v) is 7.65. The molecule has 0 heterocycles. The molecule has 0 saturated carbocycles. The molecule has 0 spiro atoms. The Labute approximate surface area is 127 Å². The number of nitrogens with zero attached hydrogens (tertiary/aromatic N) is 1. The number of carbonyl (C=O) groups excluding carboxylic acids is 1. The molecule has 0 bridgehead atoms. The average Bonchev–Trinajstić information content (AvgIpc) is 2.44. The summed E-state index contributed by atoms with van der Waals surface area (Å²) in [6.07, 6.45) is 0.879. The van der Waals surface area contributed by atoms with Gasteiger partial charge in [0.25, 0.3) is 0 Å². The summed E-state index contributed by atoms with van der Waals surface area (Å²) >= 11 is 0. The van der Waals surface area contributed by atoms with Crippen molar-refractivity contribution in [2.75, 3.05) is 24.3 Å². The number of hydrogen-bond acceptors (Lipinski definition) is 4. The van der Waals surface area contributed by atoms with E-state index in [1.165, 1.54) is 4.90 Å². The first-order chi connectivity index (χ1) is 9.76. The number of para-hydroxylation sites is 1. The van der Waals surface area contributed by atoms with Crippen molar-refractivity contribution >= 4 is 21.4 Å². The zero-order valence-electron chi connectivity index (χ0n) is 12.9. The number of sulfone groups is 1. The smallest absolute Gasteiger partial charge is 0.222 e. The van der Waals surface area contributed by atoms with Crippen LogP contribution in [0.4, 0.5) is 5.69 Å². The zero-order valence-corrected chi connectivity index (χ0v) is 13.7. The van der Waals surface area contributed by atoms with Crippen LogP contribution >= 0.6 is 0 Å². The number of anilines is 1. The van der Waals surface area contributed by atoms with Crippen molar-refractivity contribution in [3.8, 4) is 0 Å². The van der Waals surface area contributed by atoms with Crippen LogP contribution in [-0.4, -0.2) is 43.8 Å². The van der Waals surface area contributed by atoms with Gasteiger partial charge in [0.2, 0.25) is 5.91 Å². The van der Waals surface area contributed by atoms with Crippen molar-refractivity contribution < 1.29 is 13.2 Å². The number of carbonyl (C=O) groups is 1. The summed E-state index contributed by atoms with van der Waals surface area (Å²) in [5.41, 5.74) is 7.45. The summed E-state index contributed by atoms with van der Waals surface area (Å²) in [4.78, 5) is 13.6. The largest absolute Gasteiger partial charge is 0.399 e. The Hall–Kier alpha value is -1.56. The van der Waals surface area contributed by atoms with Gasteiger partial charge in [-0.15, -0.1) is 0 Å². The summed E-state index contributed by atoms with van der Waals surface area (Å²) in [6.45, 7) is 3.37. The minimum atomic E-state index is -3.08. The molecule has 118 valence electrons. The molecule has 1 aromatic carbocycles. The van der Waals surface area contributed by atoms with Gasteiger partial charge in [-0.25, -0.2) is 8.42 Å². The number of hydrogen-bond donors (Lipinski definition) is 1. The number of nitrogen functional groups attached to an aromatic ring is 1. The van der Waals surface area contributed by atoms with Crippen LogP contribution in [0.3, 0.4) is 0 Å². The standard InChI is InChI=1S/C15H24N2O3S/c1-4-21(19,20)11-12(2)17(3)15(18)10-9-13-7-5-6-8-14(13)16/h5-8,12H,4,9-11,16H2,1-3H3. The number of amides is 1. The van der Waals surface area contributed by atoms with Crippen LogP contribution in [0, 0.1) is 0 Å². The predicted octanol–water partition coefficient (Wildman–Crippen LogP) is 1.48. The van der Waals surface area contributed by atoms with E-state index in [1.807, 2.05) is 18.2 Å². The normalized spacial score (nSPS) is 12.9. The lowest BCUT2D eigenvalue weighted by Crippen LogP contribution is -2.39. The van der Waals surface area contributed by atoms with E-state index in [2.05, 4.69) is 0 Å². The van der Waals surface area contributed by atoms with Crippen molar-refractivity contribution in [2.24, 2.45) is 0 Å². The van der Waals surface area contributed by atoms with E-state index in [0.717, 1.165) is 5.56 Å². The minimum absolute atomic E-state index is 0.000778. The molecule has 0 aliphatic rings. The maximum absolute atomic E-state index is 12.1. The van der Waals surface area contributed by atoms with Gasteiger partial charge in [0.15, 0.2) is 9.84 Å². The summed E-state index contributed by atoms with van der Waals surface area (Å²) in [7, 11) is -1.44. The van der Waals surface area contributed by atoms with Crippen molar-refractivity contribution in [1.29, 1.82) is 0 Å². The molecule has 2 N–H and O–H groups in total. The first-order valence-corrected chi connectivity index (χ1v) is 8.88. The van der Waals surface area contributed by atoms with Gasteiger partial charge >= 0.3 is 0 Å². The Morgan fingerprint density at radius 3 is 2.52 bits per heavy atom. The number of aryl methyl sites for hydroxylation is 1. The Morgan fingerprint density at radius 1 is 1.33 bits per heavy atom.